The molecule has 4 N–H and O–H groups in total. The number of carbonyl (C=O) groups is 2. The van der Waals surface area contributed by atoms with E-state index in [1.54, 1.807) is 36.4 Å². The maximum atomic E-state index is 11.5. The Bertz CT molecular complexity index is 1160. The molecule has 0 spiro atoms. The zero-order valence-corrected chi connectivity index (χ0v) is 13.2. The molecule has 0 fully saturated rings. The molecule has 4 aromatic rings. The van der Waals surface area contributed by atoms with Crippen molar-refractivity contribution >= 4 is 44.3 Å². The summed E-state index contributed by atoms with van der Waals surface area (Å²) in [5, 5.41) is 41.9. The quantitative estimate of drug-likeness (QED) is 0.408. The first-order valence-corrected chi connectivity index (χ1v) is 7.70. The number of rotatable bonds is 2. The van der Waals surface area contributed by atoms with Crippen LogP contribution in [-0.4, -0.2) is 32.4 Å². The average molecular weight is 348 g/mol. The first-order valence-electron chi connectivity index (χ1n) is 7.70. The minimum Gasteiger partial charge on any atom is -0.506 e. The van der Waals surface area contributed by atoms with Crippen molar-refractivity contribution in [3.63, 3.8) is 0 Å². The number of aromatic hydroxyl groups is 2. The second kappa shape index (κ2) is 5.35. The van der Waals surface area contributed by atoms with Gasteiger partial charge >= 0.3 is 11.9 Å². The van der Waals surface area contributed by atoms with Crippen molar-refractivity contribution in [1.29, 1.82) is 0 Å². The second-order valence-electron chi connectivity index (χ2n) is 5.97. The van der Waals surface area contributed by atoms with Gasteiger partial charge in [-0.1, -0.05) is 24.3 Å². The van der Waals surface area contributed by atoms with Crippen molar-refractivity contribution < 1.29 is 30.0 Å². The fourth-order valence-electron chi connectivity index (χ4n) is 3.42. The molecule has 0 aliphatic carbocycles. The molecule has 0 saturated carbocycles. The van der Waals surface area contributed by atoms with Gasteiger partial charge in [-0.25, -0.2) is 9.59 Å². The van der Waals surface area contributed by atoms with Gasteiger partial charge in [0.15, 0.2) is 0 Å². The van der Waals surface area contributed by atoms with E-state index in [9.17, 15) is 30.0 Å². The van der Waals surface area contributed by atoms with Crippen LogP contribution in [0.25, 0.3) is 32.3 Å². The molecule has 0 radical (unpaired) electrons. The van der Waals surface area contributed by atoms with E-state index in [2.05, 4.69) is 0 Å². The molecule has 0 amide bonds. The zero-order valence-electron chi connectivity index (χ0n) is 13.2. The SMILES string of the molecule is O=C(O)c1cccc2cc3cc4cccc(C(=O)O)c4c(O)c3c(O)c12. The van der Waals surface area contributed by atoms with E-state index in [0.717, 1.165) is 0 Å². The molecule has 4 aromatic carbocycles. The van der Waals surface area contributed by atoms with Crippen LogP contribution in [0.1, 0.15) is 20.7 Å². The van der Waals surface area contributed by atoms with E-state index < -0.39 is 23.4 Å². The Hall–Kier alpha value is -3.80. The summed E-state index contributed by atoms with van der Waals surface area (Å²) >= 11 is 0. The molecule has 6 nitrogen and oxygen atoms in total. The number of hydrogen-bond donors (Lipinski definition) is 4. The van der Waals surface area contributed by atoms with Gasteiger partial charge in [-0.2, -0.15) is 0 Å². The highest BCUT2D eigenvalue weighted by atomic mass is 16.4. The highest BCUT2D eigenvalue weighted by Gasteiger charge is 2.20. The van der Waals surface area contributed by atoms with Gasteiger partial charge in [0.25, 0.3) is 0 Å². The standard InChI is InChI=1S/C20H12O6/c21-17-14-9(3-1-5-12(14)19(23)24)7-11-8-10-4-2-6-13(20(25)26)15(10)18(22)16(11)17/h1-8,21-22H,(H,23,24)(H,25,26). The molecule has 0 saturated heterocycles. The van der Waals surface area contributed by atoms with Crippen LogP contribution in [0.15, 0.2) is 48.5 Å². The molecule has 0 aliphatic rings. The monoisotopic (exact) mass is 348 g/mol. The van der Waals surface area contributed by atoms with Gasteiger partial charge in [-0.05, 0) is 40.4 Å². The number of carboxylic acid groups (broad SMARTS) is 2. The summed E-state index contributed by atoms with van der Waals surface area (Å²) in [7, 11) is 0. The van der Waals surface area contributed by atoms with Crippen LogP contribution in [-0.2, 0) is 0 Å². The Kier molecular flexibility index (Phi) is 3.23. The highest BCUT2D eigenvalue weighted by molar-refractivity contribution is 6.20. The summed E-state index contributed by atoms with van der Waals surface area (Å²) in [6, 6.07) is 12.5. The Morgan fingerprint density at radius 3 is 1.42 bits per heavy atom. The van der Waals surface area contributed by atoms with Gasteiger partial charge < -0.3 is 20.4 Å². The molecule has 0 aromatic heterocycles. The molecule has 0 atom stereocenters. The third kappa shape index (κ3) is 2.05. The molecule has 6 heteroatoms. The van der Waals surface area contributed by atoms with E-state index in [1.165, 1.54) is 12.1 Å². The van der Waals surface area contributed by atoms with Crippen LogP contribution in [0.2, 0.25) is 0 Å². The number of hydrogen-bond acceptors (Lipinski definition) is 4. The van der Waals surface area contributed by atoms with Gasteiger partial charge in [0.2, 0.25) is 0 Å². The first kappa shape index (κ1) is 15.7. The van der Waals surface area contributed by atoms with Gasteiger partial charge in [0.05, 0.1) is 16.5 Å². The van der Waals surface area contributed by atoms with Gasteiger partial charge in [-0.3, -0.25) is 0 Å². The summed E-state index contributed by atoms with van der Waals surface area (Å²) in [5.41, 5.74) is -0.208. The van der Waals surface area contributed by atoms with Crippen molar-refractivity contribution in [2.45, 2.75) is 0 Å². The summed E-state index contributed by atoms with van der Waals surface area (Å²) in [5.74, 6) is -3.21. The van der Waals surface area contributed by atoms with E-state index in [1.807, 2.05) is 0 Å². The first-order chi connectivity index (χ1) is 12.4. The number of benzene rings is 4. The lowest BCUT2D eigenvalue weighted by molar-refractivity contribution is 0.0688. The molecular weight excluding hydrogens is 336 g/mol. The maximum Gasteiger partial charge on any atom is 0.336 e. The topological polar surface area (TPSA) is 115 Å². The van der Waals surface area contributed by atoms with Crippen LogP contribution in [0.4, 0.5) is 0 Å². The fourth-order valence-corrected chi connectivity index (χ4v) is 3.42. The van der Waals surface area contributed by atoms with Crippen LogP contribution in [0, 0.1) is 0 Å². The summed E-state index contributed by atoms with van der Waals surface area (Å²) in [6.07, 6.45) is 0. The average Bonchev–Trinajstić information content (AvgIpc) is 2.60. The van der Waals surface area contributed by atoms with Crippen LogP contribution >= 0.6 is 0 Å². The number of carboxylic acids is 2. The van der Waals surface area contributed by atoms with Crippen molar-refractivity contribution in [1.82, 2.24) is 0 Å². The third-order valence-corrected chi connectivity index (χ3v) is 4.51. The predicted molar refractivity (Wildman–Crippen MR) is 96.2 cm³/mol. The van der Waals surface area contributed by atoms with Crippen molar-refractivity contribution in [2.24, 2.45) is 0 Å². The molecule has 0 aliphatic heterocycles. The van der Waals surface area contributed by atoms with Crippen molar-refractivity contribution in [3.8, 4) is 11.5 Å². The molecule has 128 valence electrons. The Labute approximate surface area is 146 Å². The second-order valence-corrected chi connectivity index (χ2v) is 5.97. The van der Waals surface area contributed by atoms with E-state index in [4.69, 9.17) is 0 Å². The molecule has 0 heterocycles. The Balaban J connectivity index is 2.28. The highest BCUT2D eigenvalue weighted by Crippen LogP contribution is 2.44. The normalized spacial score (nSPS) is 11.2. The van der Waals surface area contributed by atoms with Crippen LogP contribution < -0.4 is 0 Å². The number of phenols is 2. The third-order valence-electron chi connectivity index (χ3n) is 4.51. The molecular formula is C20H12O6. The number of aromatic carboxylic acids is 2. The maximum absolute atomic E-state index is 11.5. The van der Waals surface area contributed by atoms with Crippen LogP contribution in [0.3, 0.4) is 0 Å². The predicted octanol–water partition coefficient (Wildman–Crippen LogP) is 3.95. The molecule has 0 unspecified atom stereocenters. The van der Waals surface area contributed by atoms with E-state index >= 15 is 0 Å². The lowest BCUT2D eigenvalue weighted by Crippen LogP contribution is -1.99. The lowest BCUT2D eigenvalue weighted by Gasteiger charge is -2.13. The molecule has 26 heavy (non-hydrogen) atoms. The summed E-state index contributed by atoms with van der Waals surface area (Å²) in [4.78, 5) is 23.0. The van der Waals surface area contributed by atoms with Crippen molar-refractivity contribution in [2.75, 3.05) is 0 Å². The smallest absolute Gasteiger partial charge is 0.336 e. The summed E-state index contributed by atoms with van der Waals surface area (Å²) < 4.78 is 0. The van der Waals surface area contributed by atoms with E-state index in [-0.39, 0.29) is 27.3 Å². The molecule has 4 rings (SSSR count). The Morgan fingerprint density at radius 1 is 0.615 bits per heavy atom. The van der Waals surface area contributed by atoms with E-state index in [0.29, 0.717) is 16.2 Å². The minimum absolute atomic E-state index is 0.0207. The zero-order chi connectivity index (χ0) is 18.6. The lowest BCUT2D eigenvalue weighted by atomic mass is 9.93. The summed E-state index contributed by atoms with van der Waals surface area (Å²) in [6.45, 7) is 0. The van der Waals surface area contributed by atoms with Crippen LogP contribution in [0.5, 0.6) is 11.5 Å². The fraction of sp³-hybridized carbons (Fsp3) is 0. The molecule has 0 bridgehead atoms. The van der Waals surface area contributed by atoms with Crippen molar-refractivity contribution in [3.05, 3.63) is 59.7 Å². The Morgan fingerprint density at radius 2 is 1.04 bits per heavy atom. The van der Waals surface area contributed by atoms with Gasteiger partial charge in [-0.15, -0.1) is 0 Å². The largest absolute Gasteiger partial charge is 0.506 e. The number of fused-ring (bicyclic) bond motifs is 3. The van der Waals surface area contributed by atoms with Gasteiger partial charge in [0, 0.05) is 10.8 Å². The number of phenolic OH excluding ortho intramolecular Hbond substituents is 2. The van der Waals surface area contributed by atoms with Gasteiger partial charge in [0.1, 0.15) is 11.5 Å². The minimum atomic E-state index is -1.21.